The van der Waals surface area contributed by atoms with Crippen molar-refractivity contribution in [3.8, 4) is 0 Å². The highest BCUT2D eigenvalue weighted by Gasteiger charge is 2.17. The Labute approximate surface area is 127 Å². The molecule has 0 radical (unpaired) electrons. The van der Waals surface area contributed by atoms with Crippen molar-refractivity contribution in [2.75, 3.05) is 19.6 Å². The number of rotatable bonds is 5. The third-order valence-corrected chi connectivity index (χ3v) is 4.40. The van der Waals surface area contributed by atoms with Crippen molar-refractivity contribution >= 4 is 0 Å². The summed E-state index contributed by atoms with van der Waals surface area (Å²) in [7, 11) is 0. The first-order valence-electron chi connectivity index (χ1n) is 7.87. The van der Waals surface area contributed by atoms with Gasteiger partial charge in [0.1, 0.15) is 5.76 Å². The van der Waals surface area contributed by atoms with Crippen LogP contribution >= 0.6 is 0 Å². The smallest absolute Gasteiger partial charge is 0.117 e. The van der Waals surface area contributed by atoms with Gasteiger partial charge in [-0.05, 0) is 43.0 Å². The molecule has 1 aliphatic rings. The predicted octanol–water partition coefficient (Wildman–Crippen LogP) is 2.86. The highest BCUT2D eigenvalue weighted by atomic mass is 16.3. The number of benzene rings is 1. The van der Waals surface area contributed by atoms with E-state index in [1.165, 1.54) is 24.0 Å². The molecule has 1 aromatic carbocycles. The van der Waals surface area contributed by atoms with Gasteiger partial charge in [0.05, 0.1) is 12.8 Å². The predicted molar refractivity (Wildman–Crippen MR) is 85.3 cm³/mol. The molecule has 21 heavy (non-hydrogen) atoms. The van der Waals surface area contributed by atoms with E-state index in [-0.39, 0.29) is 0 Å². The molecule has 0 bridgehead atoms. The second kappa shape index (κ2) is 6.92. The van der Waals surface area contributed by atoms with Crippen LogP contribution in [0.1, 0.15) is 23.8 Å². The van der Waals surface area contributed by atoms with Crippen molar-refractivity contribution in [3.63, 3.8) is 0 Å². The van der Waals surface area contributed by atoms with Crippen LogP contribution in [0, 0.1) is 0 Å². The number of fused-ring (bicyclic) bond motifs is 1. The quantitative estimate of drug-likeness (QED) is 0.915. The van der Waals surface area contributed by atoms with Crippen LogP contribution in [0.3, 0.4) is 0 Å². The molecular formula is C18H24N2O. The molecule has 3 heteroatoms. The van der Waals surface area contributed by atoms with E-state index in [0.717, 1.165) is 31.9 Å². The molecule has 3 rings (SSSR count). The van der Waals surface area contributed by atoms with Gasteiger partial charge >= 0.3 is 0 Å². The maximum Gasteiger partial charge on any atom is 0.117 e. The molecule has 0 saturated carbocycles. The van der Waals surface area contributed by atoms with E-state index in [0.29, 0.717) is 6.04 Å². The molecule has 2 aromatic rings. The number of furan rings is 1. The van der Waals surface area contributed by atoms with Gasteiger partial charge in [0.25, 0.3) is 0 Å². The third-order valence-electron chi connectivity index (χ3n) is 4.40. The molecule has 0 fully saturated rings. The van der Waals surface area contributed by atoms with Gasteiger partial charge in [-0.2, -0.15) is 0 Å². The summed E-state index contributed by atoms with van der Waals surface area (Å²) < 4.78 is 5.35. The average Bonchev–Trinajstić information content (AvgIpc) is 2.92. The van der Waals surface area contributed by atoms with Crippen molar-refractivity contribution in [1.82, 2.24) is 10.2 Å². The highest BCUT2D eigenvalue weighted by Crippen LogP contribution is 2.16. The first-order valence-corrected chi connectivity index (χ1v) is 7.87. The van der Waals surface area contributed by atoms with Crippen molar-refractivity contribution in [3.05, 3.63) is 59.5 Å². The topological polar surface area (TPSA) is 28.4 Å². The zero-order valence-electron chi connectivity index (χ0n) is 12.7. The molecule has 0 saturated heterocycles. The van der Waals surface area contributed by atoms with Crippen LogP contribution < -0.4 is 5.32 Å². The standard InChI is InChI=1S/C18H24N2O/c1-15(13-19-14-18-7-4-12-21-18)20-10-8-16-5-2-3-6-17(16)9-11-20/h2-7,12,15,19H,8-11,13-14H2,1H3. The van der Waals surface area contributed by atoms with Gasteiger partial charge in [-0.1, -0.05) is 24.3 Å². The number of hydrogen-bond donors (Lipinski definition) is 1. The Morgan fingerprint density at radius 2 is 1.81 bits per heavy atom. The van der Waals surface area contributed by atoms with Crippen molar-refractivity contribution in [2.24, 2.45) is 0 Å². The van der Waals surface area contributed by atoms with Gasteiger partial charge in [0, 0.05) is 25.7 Å². The molecule has 0 aliphatic carbocycles. The van der Waals surface area contributed by atoms with Crippen LogP contribution in [-0.4, -0.2) is 30.6 Å². The molecule has 0 spiro atoms. The molecule has 2 heterocycles. The fraction of sp³-hybridized carbons (Fsp3) is 0.444. The fourth-order valence-electron chi connectivity index (χ4n) is 3.07. The molecule has 1 aromatic heterocycles. The Hall–Kier alpha value is -1.58. The van der Waals surface area contributed by atoms with E-state index < -0.39 is 0 Å². The van der Waals surface area contributed by atoms with E-state index in [1.54, 1.807) is 6.26 Å². The number of nitrogens with one attached hydrogen (secondary N) is 1. The Bertz CT molecular complexity index is 523. The largest absolute Gasteiger partial charge is 0.468 e. The Morgan fingerprint density at radius 3 is 2.43 bits per heavy atom. The number of nitrogens with zero attached hydrogens (tertiary/aromatic N) is 1. The molecular weight excluding hydrogens is 260 g/mol. The maximum atomic E-state index is 5.35. The summed E-state index contributed by atoms with van der Waals surface area (Å²) in [5.74, 6) is 1.01. The van der Waals surface area contributed by atoms with Crippen LogP contribution in [0.25, 0.3) is 0 Å². The minimum atomic E-state index is 0.550. The average molecular weight is 284 g/mol. The van der Waals surface area contributed by atoms with Crippen LogP contribution in [0.2, 0.25) is 0 Å². The highest BCUT2D eigenvalue weighted by molar-refractivity contribution is 5.28. The van der Waals surface area contributed by atoms with Gasteiger partial charge in [-0.3, -0.25) is 4.90 Å². The fourth-order valence-corrected chi connectivity index (χ4v) is 3.07. The minimum Gasteiger partial charge on any atom is -0.468 e. The summed E-state index contributed by atoms with van der Waals surface area (Å²) in [5, 5.41) is 3.49. The Morgan fingerprint density at radius 1 is 1.10 bits per heavy atom. The summed E-state index contributed by atoms with van der Waals surface area (Å²) in [4.78, 5) is 2.59. The van der Waals surface area contributed by atoms with Crippen LogP contribution in [-0.2, 0) is 19.4 Å². The summed E-state index contributed by atoms with van der Waals surface area (Å²) in [6.07, 6.45) is 4.06. The molecule has 1 atom stereocenters. The summed E-state index contributed by atoms with van der Waals surface area (Å²) in [5.41, 5.74) is 3.05. The van der Waals surface area contributed by atoms with E-state index in [2.05, 4.69) is 41.4 Å². The molecule has 1 N–H and O–H groups in total. The lowest BCUT2D eigenvalue weighted by molar-refractivity contribution is 0.212. The summed E-state index contributed by atoms with van der Waals surface area (Å²) >= 11 is 0. The van der Waals surface area contributed by atoms with Crippen molar-refractivity contribution in [1.29, 1.82) is 0 Å². The van der Waals surface area contributed by atoms with Gasteiger partial charge in [0.15, 0.2) is 0 Å². The minimum absolute atomic E-state index is 0.550. The Balaban J connectivity index is 1.48. The van der Waals surface area contributed by atoms with Gasteiger partial charge in [-0.25, -0.2) is 0 Å². The van der Waals surface area contributed by atoms with Gasteiger partial charge in [-0.15, -0.1) is 0 Å². The van der Waals surface area contributed by atoms with Gasteiger partial charge in [0.2, 0.25) is 0 Å². The monoisotopic (exact) mass is 284 g/mol. The second-order valence-electron chi connectivity index (χ2n) is 5.86. The molecule has 1 unspecified atom stereocenters. The van der Waals surface area contributed by atoms with E-state index >= 15 is 0 Å². The van der Waals surface area contributed by atoms with E-state index in [1.807, 2.05) is 12.1 Å². The van der Waals surface area contributed by atoms with E-state index in [9.17, 15) is 0 Å². The van der Waals surface area contributed by atoms with Crippen molar-refractivity contribution < 1.29 is 4.42 Å². The molecule has 3 nitrogen and oxygen atoms in total. The van der Waals surface area contributed by atoms with Crippen LogP contribution in [0.5, 0.6) is 0 Å². The normalized spacial score (nSPS) is 17.2. The molecule has 1 aliphatic heterocycles. The molecule has 112 valence electrons. The Kier molecular flexibility index (Phi) is 4.73. The third kappa shape index (κ3) is 3.74. The molecule has 0 amide bonds. The first kappa shape index (κ1) is 14.4. The lowest BCUT2D eigenvalue weighted by Gasteiger charge is -2.27. The lowest BCUT2D eigenvalue weighted by Crippen LogP contribution is -2.41. The summed E-state index contributed by atoms with van der Waals surface area (Å²) in [6, 6.07) is 13.4. The van der Waals surface area contributed by atoms with Crippen molar-refractivity contribution in [2.45, 2.75) is 32.4 Å². The maximum absolute atomic E-state index is 5.35. The number of hydrogen-bond acceptors (Lipinski definition) is 3. The lowest BCUT2D eigenvalue weighted by atomic mass is 10.0. The second-order valence-corrected chi connectivity index (χ2v) is 5.86. The SMILES string of the molecule is CC(CNCc1ccco1)N1CCc2ccccc2CC1. The van der Waals surface area contributed by atoms with Crippen LogP contribution in [0.4, 0.5) is 0 Å². The first-order chi connectivity index (χ1) is 10.3. The van der Waals surface area contributed by atoms with Gasteiger partial charge < -0.3 is 9.73 Å². The van der Waals surface area contributed by atoms with Crippen LogP contribution in [0.15, 0.2) is 47.1 Å². The van der Waals surface area contributed by atoms with E-state index in [4.69, 9.17) is 4.42 Å². The zero-order chi connectivity index (χ0) is 14.5. The summed E-state index contributed by atoms with van der Waals surface area (Å²) in [6.45, 7) is 6.43. The zero-order valence-corrected chi connectivity index (χ0v) is 12.7.